The Balaban J connectivity index is 1.59. The van der Waals surface area contributed by atoms with Gasteiger partial charge in [-0.25, -0.2) is 15.1 Å². The number of hydroxylamine groups is 1. The van der Waals surface area contributed by atoms with Crippen LogP contribution in [0.25, 0.3) is 11.1 Å². The van der Waals surface area contributed by atoms with Gasteiger partial charge in [-0.15, -0.1) is 0 Å². The van der Waals surface area contributed by atoms with Crippen molar-refractivity contribution in [1.29, 1.82) is 0 Å². The number of fused-ring (bicyclic) bond motifs is 3. The molecule has 1 aliphatic rings. The summed E-state index contributed by atoms with van der Waals surface area (Å²) in [5.74, 6) is -2.25. The Labute approximate surface area is 190 Å². The van der Waals surface area contributed by atoms with E-state index in [2.05, 4.69) is 5.32 Å². The molecule has 0 spiro atoms. The van der Waals surface area contributed by atoms with Crippen LogP contribution in [0.15, 0.2) is 48.5 Å². The van der Waals surface area contributed by atoms with Crippen molar-refractivity contribution >= 4 is 18.0 Å². The Morgan fingerprint density at radius 1 is 0.939 bits per heavy atom. The molecule has 2 amide bonds. The zero-order valence-electron chi connectivity index (χ0n) is 18.3. The van der Waals surface area contributed by atoms with Gasteiger partial charge >= 0.3 is 12.1 Å². The summed E-state index contributed by atoms with van der Waals surface area (Å²) in [4.78, 5) is 40.8. The Morgan fingerprint density at radius 2 is 1.52 bits per heavy atom. The molecule has 0 aliphatic heterocycles. The second-order valence-electron chi connectivity index (χ2n) is 7.34. The van der Waals surface area contributed by atoms with E-state index in [4.69, 9.17) is 24.2 Å². The third-order valence-electron chi connectivity index (χ3n) is 5.18. The van der Waals surface area contributed by atoms with Crippen LogP contribution in [-0.4, -0.2) is 69.3 Å². The lowest BCUT2D eigenvalue weighted by Gasteiger charge is -2.20. The van der Waals surface area contributed by atoms with Crippen molar-refractivity contribution in [3.05, 3.63) is 59.7 Å². The highest BCUT2D eigenvalue weighted by molar-refractivity contribution is 5.85. The lowest BCUT2D eigenvalue weighted by molar-refractivity contribution is -0.165. The topological polar surface area (TPSA) is 132 Å². The van der Waals surface area contributed by atoms with Crippen LogP contribution in [-0.2, 0) is 28.6 Å². The number of hydrogen-bond acceptors (Lipinski definition) is 7. The van der Waals surface area contributed by atoms with Gasteiger partial charge in [0.1, 0.15) is 12.6 Å². The highest BCUT2D eigenvalue weighted by atomic mass is 16.7. The molecule has 2 atom stereocenters. The second-order valence-corrected chi connectivity index (χ2v) is 7.34. The van der Waals surface area contributed by atoms with Crippen molar-refractivity contribution in [3.63, 3.8) is 0 Å². The minimum absolute atomic E-state index is 0.0760. The van der Waals surface area contributed by atoms with E-state index in [1.807, 2.05) is 54.0 Å². The molecule has 2 aromatic carbocycles. The van der Waals surface area contributed by atoms with E-state index in [-0.39, 0.29) is 25.7 Å². The molecule has 1 aliphatic carbocycles. The summed E-state index contributed by atoms with van der Waals surface area (Å²) >= 11 is 0. The van der Waals surface area contributed by atoms with Crippen molar-refractivity contribution in [2.24, 2.45) is 0 Å². The SMILES string of the molecule is COCC(NC(=O)OCC1c2ccccc2-c2ccccc21)C(=O)NOC(COC)C(=O)O. The lowest BCUT2D eigenvalue weighted by atomic mass is 9.98. The van der Waals surface area contributed by atoms with Crippen molar-refractivity contribution in [3.8, 4) is 11.1 Å². The molecule has 0 heterocycles. The molecule has 2 unspecified atom stereocenters. The number of carbonyl (C=O) groups excluding carboxylic acids is 2. The number of nitrogens with one attached hydrogen (secondary N) is 2. The molecule has 0 aromatic heterocycles. The molecular weight excluding hydrogens is 432 g/mol. The van der Waals surface area contributed by atoms with Crippen LogP contribution in [0.4, 0.5) is 4.79 Å². The van der Waals surface area contributed by atoms with Gasteiger partial charge in [0, 0.05) is 20.1 Å². The first kappa shape index (κ1) is 24.2. The van der Waals surface area contributed by atoms with Crippen LogP contribution in [0.3, 0.4) is 0 Å². The molecule has 176 valence electrons. The van der Waals surface area contributed by atoms with Gasteiger partial charge < -0.3 is 24.6 Å². The van der Waals surface area contributed by atoms with Gasteiger partial charge in [-0.1, -0.05) is 48.5 Å². The molecule has 3 rings (SSSR count). The van der Waals surface area contributed by atoms with Gasteiger partial charge in [-0.05, 0) is 22.3 Å². The van der Waals surface area contributed by atoms with Crippen molar-refractivity contribution in [1.82, 2.24) is 10.8 Å². The summed E-state index contributed by atoms with van der Waals surface area (Å²) in [7, 11) is 2.65. The van der Waals surface area contributed by atoms with Crippen molar-refractivity contribution in [2.45, 2.75) is 18.1 Å². The summed E-state index contributed by atoms with van der Waals surface area (Å²) in [5, 5.41) is 11.5. The van der Waals surface area contributed by atoms with E-state index in [1.165, 1.54) is 14.2 Å². The maximum absolute atomic E-state index is 12.4. The molecule has 0 saturated carbocycles. The molecule has 10 nitrogen and oxygen atoms in total. The maximum Gasteiger partial charge on any atom is 0.407 e. The molecular formula is C23H26N2O8. The summed E-state index contributed by atoms with van der Waals surface area (Å²) in [6.45, 7) is -0.377. The number of benzene rings is 2. The van der Waals surface area contributed by atoms with Gasteiger partial charge in [0.25, 0.3) is 5.91 Å². The first-order chi connectivity index (χ1) is 16.0. The smallest absolute Gasteiger partial charge is 0.407 e. The quantitative estimate of drug-likeness (QED) is 0.434. The maximum atomic E-state index is 12.4. The third kappa shape index (κ3) is 5.86. The van der Waals surface area contributed by atoms with Crippen LogP contribution < -0.4 is 10.8 Å². The summed E-state index contributed by atoms with van der Waals surface area (Å²) in [6.07, 6.45) is -2.22. The van der Waals surface area contributed by atoms with Crippen LogP contribution in [0.2, 0.25) is 0 Å². The number of carbonyl (C=O) groups is 3. The molecule has 0 fully saturated rings. The van der Waals surface area contributed by atoms with Gasteiger partial charge in [-0.2, -0.15) is 0 Å². The van der Waals surface area contributed by atoms with Gasteiger partial charge in [0.15, 0.2) is 0 Å². The molecule has 0 radical (unpaired) electrons. The fourth-order valence-corrected chi connectivity index (χ4v) is 3.64. The Hall–Kier alpha value is -3.47. The molecule has 3 N–H and O–H groups in total. The molecule has 0 bridgehead atoms. The Bertz CT molecular complexity index is 950. The van der Waals surface area contributed by atoms with E-state index in [0.717, 1.165) is 22.3 Å². The standard InChI is InChI=1S/C23H26N2O8/c1-30-12-19(21(26)25-33-20(13-31-2)22(27)28)24-23(29)32-11-18-16-9-5-3-7-14(16)15-8-4-6-10-17(15)18/h3-10,18-20H,11-13H2,1-2H3,(H,24,29)(H,25,26)(H,27,28). The number of ether oxygens (including phenoxy) is 3. The van der Waals surface area contributed by atoms with E-state index in [9.17, 15) is 14.4 Å². The van der Waals surface area contributed by atoms with Crippen LogP contribution in [0.1, 0.15) is 17.0 Å². The van der Waals surface area contributed by atoms with Crippen LogP contribution in [0, 0.1) is 0 Å². The second kappa shape index (κ2) is 11.4. The Kier molecular flexibility index (Phi) is 8.36. The van der Waals surface area contributed by atoms with E-state index in [0.29, 0.717) is 0 Å². The highest BCUT2D eigenvalue weighted by Crippen LogP contribution is 2.44. The lowest BCUT2D eigenvalue weighted by Crippen LogP contribution is -2.51. The highest BCUT2D eigenvalue weighted by Gasteiger charge is 2.30. The number of methoxy groups -OCH3 is 2. The summed E-state index contributed by atoms with van der Waals surface area (Å²) in [5.41, 5.74) is 6.33. The zero-order valence-corrected chi connectivity index (χ0v) is 18.3. The fraction of sp³-hybridized carbons (Fsp3) is 0.348. The van der Waals surface area contributed by atoms with Crippen LogP contribution in [0.5, 0.6) is 0 Å². The zero-order chi connectivity index (χ0) is 23.8. The van der Waals surface area contributed by atoms with Gasteiger partial charge in [0.2, 0.25) is 6.10 Å². The number of rotatable bonds is 11. The first-order valence-electron chi connectivity index (χ1n) is 10.2. The summed E-state index contributed by atoms with van der Waals surface area (Å²) in [6, 6.07) is 14.7. The fourth-order valence-electron chi connectivity index (χ4n) is 3.64. The van der Waals surface area contributed by atoms with E-state index < -0.39 is 30.1 Å². The molecule has 10 heteroatoms. The number of carboxylic acids is 1. The van der Waals surface area contributed by atoms with Crippen LogP contribution >= 0.6 is 0 Å². The number of aliphatic carboxylic acids is 1. The monoisotopic (exact) mass is 458 g/mol. The van der Waals surface area contributed by atoms with E-state index >= 15 is 0 Å². The predicted octanol–water partition coefficient (Wildman–Crippen LogP) is 1.69. The first-order valence-corrected chi connectivity index (χ1v) is 10.2. The number of amides is 2. The molecule has 33 heavy (non-hydrogen) atoms. The summed E-state index contributed by atoms with van der Waals surface area (Å²) < 4.78 is 15.1. The minimum Gasteiger partial charge on any atom is -0.479 e. The van der Waals surface area contributed by atoms with Crippen molar-refractivity contribution < 1.29 is 38.5 Å². The molecule has 0 saturated heterocycles. The number of carboxylic acid groups (broad SMARTS) is 1. The predicted molar refractivity (Wildman–Crippen MR) is 116 cm³/mol. The normalized spacial score (nSPS) is 14.0. The largest absolute Gasteiger partial charge is 0.479 e. The third-order valence-corrected chi connectivity index (χ3v) is 5.18. The van der Waals surface area contributed by atoms with Gasteiger partial charge in [-0.3, -0.25) is 9.63 Å². The van der Waals surface area contributed by atoms with E-state index in [1.54, 1.807) is 0 Å². The van der Waals surface area contributed by atoms with Crippen molar-refractivity contribution in [2.75, 3.05) is 34.0 Å². The minimum atomic E-state index is -1.41. The number of alkyl carbamates (subject to hydrolysis) is 1. The Morgan fingerprint density at radius 3 is 2.06 bits per heavy atom. The number of hydrogen-bond donors (Lipinski definition) is 3. The van der Waals surface area contributed by atoms with Gasteiger partial charge in [0.05, 0.1) is 13.2 Å². The molecule has 2 aromatic rings. The average Bonchev–Trinajstić information content (AvgIpc) is 3.13. The average molecular weight is 458 g/mol.